The van der Waals surface area contributed by atoms with E-state index in [0.29, 0.717) is 24.4 Å². The van der Waals surface area contributed by atoms with E-state index in [9.17, 15) is 13.2 Å². The van der Waals surface area contributed by atoms with Crippen molar-refractivity contribution in [3.8, 4) is 0 Å². The van der Waals surface area contributed by atoms with Crippen molar-refractivity contribution in [3.63, 3.8) is 0 Å². The number of nitrogens with zero attached hydrogens (tertiary/aromatic N) is 1. The number of rotatable bonds is 4. The summed E-state index contributed by atoms with van der Waals surface area (Å²) < 4.78 is 29.1. The fraction of sp³-hybridized carbons (Fsp3) is 0.417. The standard InChI is InChI=1S/C12H14ClIN2O4S/c13-10-6-9(14)3-4-11(10)15-21(19,20)16-5-1-2-8(7-16)12(17)18/h3-4,6,8,15H,1-2,5,7H2,(H,17,18). The molecule has 0 amide bonds. The van der Waals surface area contributed by atoms with Gasteiger partial charge in [0.05, 0.1) is 16.6 Å². The van der Waals surface area contributed by atoms with Crippen molar-refractivity contribution in [2.45, 2.75) is 12.8 Å². The second-order valence-electron chi connectivity index (χ2n) is 4.77. The number of carboxylic acid groups (broad SMARTS) is 1. The number of anilines is 1. The predicted molar refractivity (Wildman–Crippen MR) is 88.6 cm³/mol. The molecular weight excluding hydrogens is 431 g/mol. The largest absolute Gasteiger partial charge is 0.481 e. The summed E-state index contributed by atoms with van der Waals surface area (Å²) >= 11 is 8.08. The third-order valence-electron chi connectivity index (χ3n) is 3.24. The molecule has 2 N–H and O–H groups in total. The van der Waals surface area contributed by atoms with Crippen LogP contribution in [-0.4, -0.2) is 36.9 Å². The molecule has 2 rings (SSSR count). The van der Waals surface area contributed by atoms with Crippen molar-refractivity contribution in [1.29, 1.82) is 0 Å². The average Bonchev–Trinajstić information content (AvgIpc) is 2.42. The molecule has 1 fully saturated rings. The molecule has 1 aliphatic heterocycles. The quantitative estimate of drug-likeness (QED) is 0.698. The first kappa shape index (κ1) is 16.8. The van der Waals surface area contributed by atoms with Gasteiger partial charge >= 0.3 is 16.2 Å². The van der Waals surface area contributed by atoms with Gasteiger partial charge in [0.15, 0.2) is 0 Å². The van der Waals surface area contributed by atoms with Gasteiger partial charge in [0.2, 0.25) is 0 Å². The van der Waals surface area contributed by atoms with E-state index in [-0.39, 0.29) is 12.2 Å². The van der Waals surface area contributed by atoms with E-state index in [1.807, 2.05) is 0 Å². The van der Waals surface area contributed by atoms with Crippen molar-refractivity contribution in [3.05, 3.63) is 26.8 Å². The number of piperidine rings is 1. The van der Waals surface area contributed by atoms with Crippen molar-refractivity contribution in [2.24, 2.45) is 5.92 Å². The molecule has 1 saturated heterocycles. The molecule has 1 aromatic carbocycles. The summed E-state index contributed by atoms with van der Waals surface area (Å²) in [4.78, 5) is 11.0. The summed E-state index contributed by atoms with van der Waals surface area (Å²) in [6, 6.07) is 4.97. The third kappa shape index (κ3) is 4.21. The second-order valence-corrected chi connectivity index (χ2v) is 8.09. The van der Waals surface area contributed by atoms with E-state index in [1.54, 1.807) is 18.2 Å². The van der Waals surface area contributed by atoms with Crippen LogP contribution in [0.3, 0.4) is 0 Å². The Morgan fingerprint density at radius 3 is 2.81 bits per heavy atom. The fourth-order valence-corrected chi connectivity index (χ4v) is 4.43. The van der Waals surface area contributed by atoms with E-state index in [2.05, 4.69) is 27.3 Å². The lowest BCUT2D eigenvalue weighted by Crippen LogP contribution is -2.44. The molecular formula is C12H14ClIN2O4S. The molecule has 6 nitrogen and oxygen atoms in total. The van der Waals surface area contributed by atoms with Gasteiger partial charge in [-0.05, 0) is 53.6 Å². The molecule has 1 aliphatic rings. The molecule has 0 bridgehead atoms. The molecule has 1 unspecified atom stereocenters. The highest BCUT2D eigenvalue weighted by Crippen LogP contribution is 2.27. The molecule has 21 heavy (non-hydrogen) atoms. The monoisotopic (exact) mass is 444 g/mol. The summed E-state index contributed by atoms with van der Waals surface area (Å²) in [5.41, 5.74) is 0.287. The van der Waals surface area contributed by atoms with Crippen LogP contribution in [-0.2, 0) is 15.0 Å². The zero-order chi connectivity index (χ0) is 15.6. The normalized spacial score (nSPS) is 20.2. The van der Waals surface area contributed by atoms with Gasteiger partial charge in [-0.15, -0.1) is 0 Å². The lowest BCUT2D eigenvalue weighted by molar-refractivity contribution is -0.142. The van der Waals surface area contributed by atoms with Gasteiger partial charge in [-0.1, -0.05) is 11.6 Å². The smallest absolute Gasteiger partial charge is 0.307 e. The molecule has 9 heteroatoms. The molecule has 116 valence electrons. The molecule has 0 radical (unpaired) electrons. The highest BCUT2D eigenvalue weighted by Gasteiger charge is 2.32. The predicted octanol–water partition coefficient (Wildman–Crippen LogP) is 2.40. The van der Waals surface area contributed by atoms with Crippen molar-refractivity contribution in [2.75, 3.05) is 17.8 Å². The maximum absolute atomic E-state index is 12.3. The molecule has 0 aliphatic carbocycles. The highest BCUT2D eigenvalue weighted by molar-refractivity contribution is 14.1. The molecule has 0 saturated carbocycles. The molecule has 1 atom stereocenters. The Labute approximate surface area is 141 Å². The van der Waals surface area contributed by atoms with Crippen LogP contribution in [0, 0.1) is 9.49 Å². The minimum atomic E-state index is -3.81. The zero-order valence-electron chi connectivity index (χ0n) is 10.9. The van der Waals surface area contributed by atoms with E-state index < -0.39 is 22.1 Å². The Balaban J connectivity index is 2.16. The van der Waals surface area contributed by atoms with Crippen LogP contribution in [0.4, 0.5) is 5.69 Å². The van der Waals surface area contributed by atoms with Crippen LogP contribution < -0.4 is 4.72 Å². The second kappa shape index (κ2) is 6.67. The molecule has 0 aromatic heterocycles. The van der Waals surface area contributed by atoms with Crippen LogP contribution in [0.2, 0.25) is 5.02 Å². The molecule has 1 aromatic rings. The number of aliphatic carboxylic acids is 1. The van der Waals surface area contributed by atoms with E-state index in [4.69, 9.17) is 16.7 Å². The van der Waals surface area contributed by atoms with E-state index in [0.717, 1.165) is 7.88 Å². The van der Waals surface area contributed by atoms with Crippen LogP contribution in [0.15, 0.2) is 18.2 Å². The van der Waals surface area contributed by atoms with Gasteiger partial charge in [0.25, 0.3) is 0 Å². The third-order valence-corrected chi connectivity index (χ3v) is 5.72. The zero-order valence-corrected chi connectivity index (χ0v) is 14.7. The van der Waals surface area contributed by atoms with Gasteiger partial charge in [-0.2, -0.15) is 12.7 Å². The maximum atomic E-state index is 12.3. The number of hydrogen-bond acceptors (Lipinski definition) is 3. The van der Waals surface area contributed by atoms with Crippen molar-refractivity contribution < 1.29 is 18.3 Å². The van der Waals surface area contributed by atoms with Crippen LogP contribution >= 0.6 is 34.2 Å². The number of benzene rings is 1. The first-order chi connectivity index (χ1) is 9.79. The fourth-order valence-electron chi connectivity index (χ4n) is 2.14. The van der Waals surface area contributed by atoms with E-state index in [1.165, 1.54) is 0 Å². The summed E-state index contributed by atoms with van der Waals surface area (Å²) in [6.07, 6.45) is 1.02. The number of nitrogens with one attached hydrogen (secondary N) is 1. The minimum absolute atomic E-state index is 0.0212. The summed E-state index contributed by atoms with van der Waals surface area (Å²) in [5.74, 6) is -1.63. The number of carbonyl (C=O) groups is 1. The van der Waals surface area contributed by atoms with Crippen molar-refractivity contribution >= 4 is 56.1 Å². The highest BCUT2D eigenvalue weighted by atomic mass is 127. The van der Waals surface area contributed by atoms with Gasteiger partial charge in [0.1, 0.15) is 0 Å². The molecule has 1 heterocycles. The van der Waals surface area contributed by atoms with Crippen LogP contribution in [0.1, 0.15) is 12.8 Å². The van der Waals surface area contributed by atoms with Crippen LogP contribution in [0.5, 0.6) is 0 Å². The summed E-state index contributed by atoms with van der Waals surface area (Å²) in [5, 5.41) is 9.33. The lowest BCUT2D eigenvalue weighted by atomic mass is 10.0. The SMILES string of the molecule is O=C(O)C1CCCN(S(=O)(=O)Nc2ccc(I)cc2Cl)C1. The molecule has 0 spiro atoms. The summed E-state index contributed by atoms with van der Waals surface area (Å²) in [7, 11) is -3.81. The minimum Gasteiger partial charge on any atom is -0.481 e. The lowest BCUT2D eigenvalue weighted by Gasteiger charge is -2.30. The first-order valence-corrected chi connectivity index (χ1v) is 9.15. The van der Waals surface area contributed by atoms with Gasteiger partial charge in [-0.3, -0.25) is 9.52 Å². The number of hydrogen-bond donors (Lipinski definition) is 2. The Hall–Kier alpha value is -0.580. The number of halogens is 2. The van der Waals surface area contributed by atoms with E-state index >= 15 is 0 Å². The topological polar surface area (TPSA) is 86.7 Å². The Morgan fingerprint density at radius 1 is 1.48 bits per heavy atom. The summed E-state index contributed by atoms with van der Waals surface area (Å²) in [6.45, 7) is 0.285. The van der Waals surface area contributed by atoms with Gasteiger partial charge in [-0.25, -0.2) is 0 Å². The Bertz CT molecular complexity index is 653. The van der Waals surface area contributed by atoms with Crippen LogP contribution in [0.25, 0.3) is 0 Å². The van der Waals surface area contributed by atoms with Crippen molar-refractivity contribution in [1.82, 2.24) is 4.31 Å². The maximum Gasteiger partial charge on any atom is 0.307 e. The Kier molecular flexibility index (Phi) is 5.33. The van der Waals surface area contributed by atoms with Gasteiger partial charge in [0, 0.05) is 16.7 Å². The number of carboxylic acids is 1. The Morgan fingerprint density at radius 2 is 2.19 bits per heavy atom. The average molecular weight is 445 g/mol. The van der Waals surface area contributed by atoms with Gasteiger partial charge < -0.3 is 5.11 Å². The first-order valence-electron chi connectivity index (χ1n) is 6.25.